The molecule has 0 aliphatic rings. The van der Waals surface area contributed by atoms with E-state index in [1.54, 1.807) is 12.3 Å². The fraction of sp³-hybridized carbons (Fsp3) is 0.547. The Bertz CT molecular complexity index is 2500. The van der Waals surface area contributed by atoms with Crippen LogP contribution in [0.2, 0.25) is 51.4 Å². The lowest BCUT2D eigenvalue weighted by Gasteiger charge is -2.41. The number of aromatic nitrogens is 1. The first-order valence-corrected chi connectivity index (χ1v) is 34.1. The van der Waals surface area contributed by atoms with Gasteiger partial charge in [-0.3, -0.25) is 24.0 Å². The number of benzene rings is 2. The van der Waals surface area contributed by atoms with Crippen molar-refractivity contribution in [1.29, 1.82) is 0 Å². The number of ether oxygens (including phenoxy) is 4. The molecule has 2 aromatic carbocycles. The number of rotatable bonds is 30. The largest absolute Gasteiger partial charge is 0.468 e. The van der Waals surface area contributed by atoms with Gasteiger partial charge in [0.25, 0.3) is 0 Å². The van der Waals surface area contributed by atoms with Crippen LogP contribution in [-0.2, 0) is 54.3 Å². The topological polar surface area (TPSA) is 262 Å². The monoisotopic (exact) mass is 1150 g/mol. The SMILES string of the molecule is COC(=O)C(CC(=O)NCC(=O)NCCNC(=O)[C@H](CCN(C(=O)CO)[C@@H](c1cc(-c2cc(F)ccc2F)cn1Cc1ccccc1)C(C)(C)C)NC(=O)OCC[Si](C)(C)C)SC[C@H](NC(=O)OCC[Si](C)(C)C)C(=O)OC. The predicted octanol–water partition coefficient (Wildman–Crippen LogP) is 5.83. The third-order valence-corrected chi connectivity index (χ3v) is 16.6. The highest BCUT2D eigenvalue weighted by atomic mass is 32.2. The average Bonchev–Trinajstić information content (AvgIpc) is 3.76. The number of aliphatic hydroxyl groups excluding tert-OH is 1. The lowest BCUT2D eigenvalue weighted by atomic mass is 9.82. The second kappa shape index (κ2) is 31.3. The van der Waals surface area contributed by atoms with Crippen molar-refractivity contribution in [3.8, 4) is 11.1 Å². The zero-order valence-corrected chi connectivity index (χ0v) is 49.5. The van der Waals surface area contributed by atoms with E-state index in [1.165, 1.54) is 4.90 Å². The Balaban J connectivity index is 1.75. The van der Waals surface area contributed by atoms with Crippen LogP contribution in [0.25, 0.3) is 11.1 Å². The second-order valence-electron chi connectivity index (χ2n) is 22.0. The minimum Gasteiger partial charge on any atom is -0.468 e. The van der Waals surface area contributed by atoms with Gasteiger partial charge >= 0.3 is 24.1 Å². The molecule has 0 spiro atoms. The molecule has 0 saturated carbocycles. The summed E-state index contributed by atoms with van der Waals surface area (Å²) in [5.41, 5.74) is 0.940. The minimum absolute atomic E-state index is 0.00315. The Morgan fingerprint density at radius 2 is 1.35 bits per heavy atom. The highest BCUT2D eigenvalue weighted by Gasteiger charge is 2.38. The van der Waals surface area contributed by atoms with Gasteiger partial charge in [0, 0.05) is 77.5 Å². The highest BCUT2D eigenvalue weighted by Crippen LogP contribution is 2.41. The lowest BCUT2D eigenvalue weighted by Crippen LogP contribution is -2.51. The van der Waals surface area contributed by atoms with Crippen LogP contribution in [0.5, 0.6) is 0 Å². The van der Waals surface area contributed by atoms with Gasteiger partial charge in [-0.25, -0.2) is 23.2 Å². The zero-order valence-electron chi connectivity index (χ0n) is 46.7. The molecule has 0 bridgehead atoms. The molecule has 20 nitrogen and oxygen atoms in total. The first kappa shape index (κ1) is 66.0. The molecule has 6 N–H and O–H groups in total. The molecule has 25 heteroatoms. The van der Waals surface area contributed by atoms with E-state index in [1.807, 2.05) is 55.7 Å². The minimum atomic E-state index is -1.63. The van der Waals surface area contributed by atoms with Crippen molar-refractivity contribution >= 4 is 75.7 Å². The van der Waals surface area contributed by atoms with Crippen molar-refractivity contribution in [2.75, 3.05) is 66.0 Å². The first-order valence-electron chi connectivity index (χ1n) is 25.6. The predicted molar refractivity (Wildman–Crippen MR) is 298 cm³/mol. The van der Waals surface area contributed by atoms with E-state index in [0.717, 1.165) is 49.7 Å². The van der Waals surface area contributed by atoms with E-state index in [-0.39, 0.29) is 57.1 Å². The molecule has 0 aliphatic carbocycles. The summed E-state index contributed by atoms with van der Waals surface area (Å²) < 4.78 is 52.0. The van der Waals surface area contributed by atoms with E-state index < -0.39 is 124 Å². The summed E-state index contributed by atoms with van der Waals surface area (Å²) in [7, 11) is -0.897. The van der Waals surface area contributed by atoms with Crippen LogP contribution < -0.4 is 26.6 Å². The molecule has 78 heavy (non-hydrogen) atoms. The van der Waals surface area contributed by atoms with Crippen molar-refractivity contribution in [3.05, 3.63) is 83.7 Å². The molecule has 1 heterocycles. The Hall–Kier alpha value is -6.32. The molecule has 3 aromatic rings. The maximum Gasteiger partial charge on any atom is 0.407 e. The maximum atomic E-state index is 15.3. The second-order valence-corrected chi connectivity index (χ2v) is 34.4. The summed E-state index contributed by atoms with van der Waals surface area (Å²) in [6.45, 7) is 16.9. The summed E-state index contributed by atoms with van der Waals surface area (Å²) in [4.78, 5) is 106. The van der Waals surface area contributed by atoms with Gasteiger partial charge in [0.15, 0.2) is 0 Å². The van der Waals surface area contributed by atoms with Crippen LogP contribution in [0.1, 0.15) is 50.9 Å². The van der Waals surface area contributed by atoms with Gasteiger partial charge < -0.3 is 60.1 Å². The molecular formula is C53H79F2N7O13SSi2. The molecule has 1 unspecified atom stereocenters. The van der Waals surface area contributed by atoms with Crippen molar-refractivity contribution < 1.29 is 71.2 Å². The fourth-order valence-electron chi connectivity index (χ4n) is 7.76. The van der Waals surface area contributed by atoms with Crippen molar-refractivity contribution in [2.45, 2.75) is 115 Å². The number of thioether (sulfide) groups is 1. The molecule has 3 rings (SSSR count). The number of hydrogen-bond donors (Lipinski definition) is 6. The molecule has 0 saturated heterocycles. The molecule has 1 aromatic heterocycles. The third kappa shape index (κ3) is 23.3. The zero-order chi connectivity index (χ0) is 58.4. The van der Waals surface area contributed by atoms with Gasteiger partial charge in [0.1, 0.15) is 35.6 Å². The van der Waals surface area contributed by atoms with Crippen molar-refractivity contribution in [1.82, 2.24) is 36.1 Å². The Morgan fingerprint density at radius 3 is 1.91 bits per heavy atom. The molecule has 4 atom stereocenters. The summed E-state index contributed by atoms with van der Waals surface area (Å²) >= 11 is 0.852. The van der Waals surface area contributed by atoms with E-state index >= 15 is 4.39 Å². The number of hydrogen-bond acceptors (Lipinski definition) is 14. The number of aliphatic hydroxyl groups is 1. The first-order chi connectivity index (χ1) is 36.5. The number of halogens is 2. The van der Waals surface area contributed by atoms with E-state index in [9.17, 15) is 47.9 Å². The number of nitrogens with zero attached hydrogens (tertiary/aromatic N) is 2. The highest BCUT2D eigenvalue weighted by molar-refractivity contribution is 8.00. The molecule has 0 radical (unpaired) electrons. The summed E-state index contributed by atoms with van der Waals surface area (Å²) in [6.07, 6.45) is -0.710. The Labute approximate surface area is 462 Å². The molecule has 0 fully saturated rings. The number of carbonyl (C=O) groups is 8. The van der Waals surface area contributed by atoms with Gasteiger partial charge in [-0.05, 0) is 53.8 Å². The molecule has 6 amide bonds. The van der Waals surface area contributed by atoms with Crippen LogP contribution in [-0.4, -0.2) is 162 Å². The summed E-state index contributed by atoms with van der Waals surface area (Å²) in [6, 6.07) is 12.1. The van der Waals surface area contributed by atoms with Crippen molar-refractivity contribution in [2.24, 2.45) is 5.41 Å². The maximum absolute atomic E-state index is 15.3. The Kier molecular flexibility index (Phi) is 26.5. The van der Waals surface area contributed by atoms with Crippen LogP contribution in [0.4, 0.5) is 18.4 Å². The van der Waals surface area contributed by atoms with Crippen LogP contribution in [0.3, 0.4) is 0 Å². The van der Waals surface area contributed by atoms with E-state index in [2.05, 4.69) is 65.9 Å². The average molecular weight is 1150 g/mol. The quantitative estimate of drug-likeness (QED) is 0.0199. The van der Waals surface area contributed by atoms with E-state index in [0.29, 0.717) is 23.3 Å². The number of nitrogens with one attached hydrogen (secondary N) is 5. The molecule has 432 valence electrons. The van der Waals surface area contributed by atoms with Gasteiger partial charge in [-0.2, -0.15) is 0 Å². The normalized spacial score (nSPS) is 13.2. The number of methoxy groups -OCH3 is 2. The van der Waals surface area contributed by atoms with Gasteiger partial charge in [0.05, 0.1) is 40.0 Å². The van der Waals surface area contributed by atoms with Gasteiger partial charge in [-0.15, -0.1) is 11.8 Å². The number of esters is 2. The standard InChI is InChI=1S/C53H79F2N7O13SSi2/c1-53(2,3)47(42-27-36(38-28-37(54)17-18-39(38)55)32-61(42)31-35-15-13-12-14-16-35)62(46(66)33-63)22-19-40(59-51(70)74-23-25-77(6,7)8)48(67)57-21-20-56-45(65)30-58-44(64)29-43(50(69)73-5)76-34-41(49(68)72-4)60-52(71)75-24-26-78(9,10)11/h12-18,27-28,32,40-41,43,47,63H,19-26,29-31,33-34H2,1-11H3,(H,56,65)(H,57,67)(H,58,64)(H,59,70)(H,60,71)/t40-,41-,43?,47-/m0/s1. The van der Waals surface area contributed by atoms with Gasteiger partial charge in [0.2, 0.25) is 23.6 Å². The Morgan fingerprint density at radius 1 is 0.756 bits per heavy atom. The third-order valence-electron chi connectivity index (χ3n) is 11.9. The molecular weight excluding hydrogens is 1070 g/mol. The van der Waals surface area contributed by atoms with Crippen LogP contribution >= 0.6 is 11.8 Å². The summed E-state index contributed by atoms with van der Waals surface area (Å²) in [5, 5.41) is 21.9. The number of alkyl carbamates (subject to hydrolysis) is 2. The molecule has 0 aliphatic heterocycles. The smallest absolute Gasteiger partial charge is 0.407 e. The number of amides is 6. The number of carbonyl (C=O) groups excluding carboxylic acids is 8. The fourth-order valence-corrected chi connectivity index (χ4v) is 10.3. The van der Waals surface area contributed by atoms with Crippen LogP contribution in [0, 0.1) is 17.0 Å². The van der Waals surface area contributed by atoms with E-state index in [4.69, 9.17) is 18.9 Å². The van der Waals surface area contributed by atoms with Crippen molar-refractivity contribution in [3.63, 3.8) is 0 Å². The lowest BCUT2D eigenvalue weighted by molar-refractivity contribution is -0.143. The van der Waals surface area contributed by atoms with Gasteiger partial charge in [-0.1, -0.05) is 90.4 Å². The van der Waals surface area contributed by atoms with Crippen LogP contribution in [0.15, 0.2) is 60.8 Å². The summed E-state index contributed by atoms with van der Waals surface area (Å²) in [5.74, 6) is -5.88.